The van der Waals surface area contributed by atoms with Gasteiger partial charge in [-0.25, -0.2) is 0 Å². The van der Waals surface area contributed by atoms with Crippen molar-refractivity contribution in [3.63, 3.8) is 0 Å². The molecular weight excluding hydrogens is 812 g/mol. The Morgan fingerprint density at radius 1 is 0.451 bits per heavy atom. The van der Waals surface area contributed by atoms with Crippen molar-refractivity contribution in [1.29, 1.82) is 0 Å². The van der Waals surface area contributed by atoms with Crippen LogP contribution >= 0.6 is 15.8 Å². The molecule has 0 radical (unpaired) electrons. The van der Waals surface area contributed by atoms with Gasteiger partial charge in [-0.15, -0.1) is 0 Å². The zero-order valence-electron chi connectivity index (χ0n) is 35.2. The molecule has 2 aliphatic heterocycles. The third-order valence-electron chi connectivity index (χ3n) is 11.5. The molecule has 0 aromatic carbocycles. The van der Waals surface area contributed by atoms with Crippen molar-refractivity contribution in [2.75, 3.05) is 0 Å². The fourth-order valence-corrected chi connectivity index (χ4v) is 20.1. The summed E-state index contributed by atoms with van der Waals surface area (Å²) in [4.78, 5) is 0. The minimum atomic E-state index is -3.67. The topological polar surface area (TPSA) is 0 Å². The Kier molecular flexibility index (Phi) is 44.9. The van der Waals surface area contributed by atoms with Gasteiger partial charge in [-0.3, -0.25) is 12.9 Å². The summed E-state index contributed by atoms with van der Waals surface area (Å²) >= 11 is 0. The molecule has 0 nitrogen and oxygen atoms in total. The molecule has 3 aliphatic carbocycles. The Morgan fingerprint density at radius 3 is 0.784 bits per heavy atom. The van der Waals surface area contributed by atoms with Gasteiger partial charge in [0.05, 0.1) is 34.0 Å². The molecular formula is C42H84BF4FeP2Rh+2. The van der Waals surface area contributed by atoms with Gasteiger partial charge in [0, 0.05) is 15.8 Å². The van der Waals surface area contributed by atoms with Crippen LogP contribution in [0, 0.1) is 53.4 Å². The van der Waals surface area contributed by atoms with Gasteiger partial charge in [-0.1, -0.05) is 79.7 Å². The first-order valence-electron chi connectivity index (χ1n) is 18.9. The van der Waals surface area contributed by atoms with Crippen molar-refractivity contribution in [3.8, 4) is 0 Å². The third kappa shape index (κ3) is 23.2. The van der Waals surface area contributed by atoms with Crippen LogP contribution in [0.1, 0.15) is 158 Å². The molecule has 0 N–H and O–H groups in total. The molecule has 5 aliphatic rings. The van der Waals surface area contributed by atoms with E-state index in [0.29, 0.717) is 0 Å². The van der Waals surface area contributed by atoms with Crippen molar-refractivity contribution >= 4 is 23.4 Å². The summed E-state index contributed by atoms with van der Waals surface area (Å²) in [5.41, 5.74) is 6.93. The SMILES string of the molecule is C1=C\CC/C=C\CC/1.CC(C)[C@H]1CC[C@H](C(C)C)[PH+]1C1CCCC1.CC(C)[C@H]1CC[C@H](C(C)C)[PH+]1C1CCCC1.FB(F)F.[CH3-].[CH3-].[CH3-].[CH3-].[F-].[Fe+2].[Rh+3]. The Balaban J connectivity index is -0.000000137. The molecule has 2 saturated carbocycles. The molecule has 308 valence electrons. The van der Waals surface area contributed by atoms with Crippen molar-refractivity contribution in [3.05, 3.63) is 54.0 Å². The van der Waals surface area contributed by atoms with Crippen LogP contribution in [0.15, 0.2) is 24.3 Å². The smallest absolute Gasteiger partial charge is 1.00 e. The summed E-state index contributed by atoms with van der Waals surface area (Å²) in [6.45, 7) is 19.8. The number of allylic oxidation sites excluding steroid dienone is 4. The van der Waals surface area contributed by atoms with Gasteiger partial charge in [0.2, 0.25) is 0 Å². The molecule has 0 amide bonds. The molecule has 2 saturated heterocycles. The summed E-state index contributed by atoms with van der Waals surface area (Å²) in [7, 11) is -3.80. The maximum atomic E-state index is 9.67. The summed E-state index contributed by atoms with van der Waals surface area (Å²) in [5.74, 6) is 3.83. The van der Waals surface area contributed by atoms with Crippen LogP contribution in [0.25, 0.3) is 0 Å². The van der Waals surface area contributed by atoms with E-state index in [1.54, 1.807) is 51.4 Å². The first-order valence-corrected chi connectivity index (χ1v) is 22.4. The molecule has 51 heavy (non-hydrogen) atoms. The van der Waals surface area contributed by atoms with E-state index in [4.69, 9.17) is 0 Å². The van der Waals surface area contributed by atoms with Crippen LogP contribution in [0.4, 0.5) is 12.9 Å². The number of rotatable bonds is 6. The normalized spacial score (nSPS) is 25.9. The molecule has 4 atom stereocenters. The van der Waals surface area contributed by atoms with Crippen LogP contribution in [0.5, 0.6) is 0 Å². The van der Waals surface area contributed by atoms with Gasteiger partial charge in [0.25, 0.3) is 0 Å². The minimum Gasteiger partial charge on any atom is -1.00 e. The summed E-state index contributed by atoms with van der Waals surface area (Å²) in [6, 6.07) is 0. The summed E-state index contributed by atoms with van der Waals surface area (Å²) in [6.07, 6.45) is 32.7. The van der Waals surface area contributed by atoms with Gasteiger partial charge in [-0.2, -0.15) is 0 Å². The van der Waals surface area contributed by atoms with E-state index in [1.807, 2.05) is 0 Å². The van der Waals surface area contributed by atoms with Crippen molar-refractivity contribution in [2.24, 2.45) is 23.7 Å². The average molecular weight is 897 g/mol. The van der Waals surface area contributed by atoms with E-state index in [-0.39, 0.29) is 86.8 Å². The first kappa shape index (κ1) is 64.2. The fraction of sp³-hybridized carbons (Fsp3) is 0.810. The van der Waals surface area contributed by atoms with Crippen LogP contribution in [-0.4, -0.2) is 41.5 Å². The molecule has 2 heterocycles. The maximum Gasteiger partial charge on any atom is 3.00 e. The number of halogens is 4. The van der Waals surface area contributed by atoms with Gasteiger partial charge >= 0.3 is 44.1 Å². The van der Waals surface area contributed by atoms with E-state index in [9.17, 15) is 12.9 Å². The van der Waals surface area contributed by atoms with E-state index < -0.39 is 7.54 Å². The van der Waals surface area contributed by atoms with Crippen molar-refractivity contribution in [1.82, 2.24) is 0 Å². The van der Waals surface area contributed by atoms with E-state index in [1.165, 1.54) is 62.7 Å². The largest absolute Gasteiger partial charge is 3.00 e. The molecule has 5 rings (SSSR count). The molecule has 0 aromatic heterocycles. The molecule has 0 bridgehead atoms. The van der Waals surface area contributed by atoms with Crippen molar-refractivity contribution < 1.29 is 54.2 Å². The fourth-order valence-electron chi connectivity index (χ4n) is 9.39. The molecule has 0 unspecified atom stereocenters. The monoisotopic (exact) mass is 896 g/mol. The molecule has 9 heteroatoms. The average Bonchev–Trinajstić information content (AvgIpc) is 3.73. The number of hydrogen-bond donors (Lipinski definition) is 0. The Bertz CT molecular complexity index is 697. The van der Waals surface area contributed by atoms with Crippen molar-refractivity contribution in [2.45, 2.75) is 192 Å². The van der Waals surface area contributed by atoms with Crippen LogP contribution < -0.4 is 4.70 Å². The number of hydrogen-bond acceptors (Lipinski definition) is 0. The van der Waals surface area contributed by atoms with Gasteiger partial charge in [0.1, 0.15) is 0 Å². The van der Waals surface area contributed by atoms with E-state index >= 15 is 0 Å². The van der Waals surface area contributed by atoms with Crippen LogP contribution in [0.3, 0.4) is 0 Å². The quantitative estimate of drug-likeness (QED) is 0.0819. The zero-order chi connectivity index (χ0) is 32.6. The Labute approximate surface area is 345 Å². The van der Waals surface area contributed by atoms with Gasteiger partial charge < -0.3 is 34.4 Å². The molecule has 0 aromatic rings. The Hall–Kier alpha value is 1.27. The summed E-state index contributed by atoms with van der Waals surface area (Å²) in [5, 5.41) is 0. The van der Waals surface area contributed by atoms with Gasteiger partial charge in [-0.05, 0) is 126 Å². The molecule has 4 fully saturated rings. The van der Waals surface area contributed by atoms with E-state index in [0.717, 1.165) is 46.3 Å². The standard InChI is InChI=1S/2C15H29P.C8H12.4CH3.BF3.FH.Fe.Rh/c2*1-11(2)14-9-10-15(12(3)4)16(14)13-7-5-6-8-13;1-2-4-6-8-7-5-3-1;;;;;2-1(3)4;;;/h2*11-15H,5-10H2,1-4H3;1-2,7-8H,3-6H2;4*1H3;;1H;;/q;;;4*-1;;;+2;+3/p+1/b;;2-1-,8-7-;;;;;;;;/t2*14-,15-;;;;;;;;;/m11........./s1. The predicted molar refractivity (Wildman–Crippen MR) is 226 cm³/mol. The zero-order valence-corrected chi connectivity index (χ0v) is 39.9. The van der Waals surface area contributed by atoms with Crippen LogP contribution in [-0.2, 0) is 36.5 Å². The second-order valence-corrected chi connectivity index (χ2v) is 22.5. The first-order chi connectivity index (χ1) is 21.0. The van der Waals surface area contributed by atoms with Gasteiger partial charge in [0.15, 0.2) is 0 Å². The third-order valence-corrected chi connectivity index (χ3v) is 21.8. The minimum absolute atomic E-state index is 0. The Morgan fingerprint density at radius 2 is 0.627 bits per heavy atom. The van der Waals surface area contributed by atoms with Crippen LogP contribution in [0.2, 0.25) is 0 Å². The second-order valence-electron chi connectivity index (χ2n) is 15.9. The van der Waals surface area contributed by atoms with E-state index in [2.05, 4.69) is 79.7 Å². The maximum absolute atomic E-state index is 9.67. The summed E-state index contributed by atoms with van der Waals surface area (Å²) < 4.78 is 29.0. The second kappa shape index (κ2) is 35.7. The predicted octanol–water partition coefficient (Wildman–Crippen LogP) is 12.3. The molecule has 0 spiro atoms.